The molecule has 1 unspecified atom stereocenters. The van der Waals surface area contributed by atoms with Crippen LogP contribution < -0.4 is 0 Å². The Morgan fingerprint density at radius 2 is 1.24 bits per heavy atom. The van der Waals surface area contributed by atoms with E-state index in [1.165, 1.54) is 17.5 Å². The molecule has 112 valence electrons. The van der Waals surface area contributed by atoms with Crippen molar-refractivity contribution in [2.24, 2.45) is 5.92 Å². The van der Waals surface area contributed by atoms with Crippen molar-refractivity contribution in [2.75, 3.05) is 0 Å². The number of aliphatic hydroxyl groups excluding tert-OH is 1. The summed E-state index contributed by atoms with van der Waals surface area (Å²) in [7, 11) is 0. The molecule has 2 aromatic rings. The zero-order valence-electron chi connectivity index (χ0n) is 12.9. The molecule has 0 radical (unpaired) electrons. The maximum absolute atomic E-state index is 9.44. The largest absolute Gasteiger partial charge is 0.393 e. The lowest BCUT2D eigenvalue weighted by molar-refractivity contribution is 0.178. The van der Waals surface area contributed by atoms with Gasteiger partial charge in [-0.05, 0) is 49.7 Å². The second-order valence-electron chi connectivity index (χ2n) is 6.03. The van der Waals surface area contributed by atoms with Crippen LogP contribution in [0.15, 0.2) is 60.7 Å². The van der Waals surface area contributed by atoms with Gasteiger partial charge in [-0.15, -0.1) is 0 Å². The molecular weight excluding hydrogens is 256 g/mol. The minimum absolute atomic E-state index is 0.181. The van der Waals surface area contributed by atoms with E-state index in [4.69, 9.17) is 0 Å². The van der Waals surface area contributed by atoms with E-state index in [0.717, 1.165) is 25.7 Å². The molecule has 0 aliphatic heterocycles. The van der Waals surface area contributed by atoms with Crippen LogP contribution in [0.1, 0.15) is 37.3 Å². The SMILES string of the molecule is CC(O)CCCC(Cc1ccccc1)Cc1ccccc1. The number of hydrogen-bond acceptors (Lipinski definition) is 1. The summed E-state index contributed by atoms with van der Waals surface area (Å²) in [4.78, 5) is 0. The molecule has 21 heavy (non-hydrogen) atoms. The molecule has 0 aromatic heterocycles. The molecule has 2 rings (SSSR count). The fraction of sp³-hybridized carbons (Fsp3) is 0.400. The van der Waals surface area contributed by atoms with Crippen molar-refractivity contribution in [3.63, 3.8) is 0 Å². The number of rotatable bonds is 8. The quantitative estimate of drug-likeness (QED) is 0.748. The van der Waals surface area contributed by atoms with Crippen LogP contribution in [0.5, 0.6) is 0 Å². The van der Waals surface area contributed by atoms with Gasteiger partial charge >= 0.3 is 0 Å². The Morgan fingerprint density at radius 3 is 1.67 bits per heavy atom. The zero-order chi connectivity index (χ0) is 14.9. The van der Waals surface area contributed by atoms with Gasteiger partial charge in [0.25, 0.3) is 0 Å². The first-order valence-corrected chi connectivity index (χ1v) is 8.00. The van der Waals surface area contributed by atoms with Crippen LogP contribution in [0.2, 0.25) is 0 Å². The Morgan fingerprint density at radius 1 is 0.762 bits per heavy atom. The highest BCUT2D eigenvalue weighted by Gasteiger charge is 2.11. The summed E-state index contributed by atoms with van der Waals surface area (Å²) in [6.45, 7) is 1.88. The summed E-state index contributed by atoms with van der Waals surface area (Å²) in [5, 5.41) is 9.44. The van der Waals surface area contributed by atoms with Gasteiger partial charge in [0.05, 0.1) is 6.10 Å². The Balaban J connectivity index is 1.96. The van der Waals surface area contributed by atoms with Crippen molar-refractivity contribution >= 4 is 0 Å². The van der Waals surface area contributed by atoms with Crippen LogP contribution in [-0.2, 0) is 12.8 Å². The topological polar surface area (TPSA) is 20.2 Å². The summed E-state index contributed by atoms with van der Waals surface area (Å²) in [6.07, 6.45) is 5.24. The summed E-state index contributed by atoms with van der Waals surface area (Å²) in [6, 6.07) is 21.5. The molecule has 1 N–H and O–H groups in total. The maximum Gasteiger partial charge on any atom is 0.0512 e. The standard InChI is InChI=1S/C20H26O/c1-17(21)9-8-14-20(15-18-10-4-2-5-11-18)16-19-12-6-3-7-13-19/h2-7,10-13,17,20-21H,8-9,14-16H2,1H3. The fourth-order valence-electron chi connectivity index (χ4n) is 2.87. The average molecular weight is 282 g/mol. The maximum atomic E-state index is 9.44. The predicted molar refractivity (Wildman–Crippen MR) is 89.3 cm³/mol. The first kappa shape index (κ1) is 15.8. The van der Waals surface area contributed by atoms with Gasteiger partial charge in [-0.2, -0.15) is 0 Å². The van der Waals surface area contributed by atoms with Gasteiger partial charge in [0, 0.05) is 0 Å². The predicted octanol–water partition coefficient (Wildman–Crippen LogP) is 4.64. The van der Waals surface area contributed by atoms with Gasteiger partial charge in [0.15, 0.2) is 0 Å². The van der Waals surface area contributed by atoms with Crippen molar-refractivity contribution in [3.8, 4) is 0 Å². The molecular formula is C20H26O. The van der Waals surface area contributed by atoms with E-state index < -0.39 is 0 Å². The van der Waals surface area contributed by atoms with E-state index in [1.807, 2.05) is 6.92 Å². The Labute approximate surface area is 128 Å². The lowest BCUT2D eigenvalue weighted by atomic mass is 9.88. The van der Waals surface area contributed by atoms with Crippen LogP contribution >= 0.6 is 0 Å². The molecule has 1 atom stereocenters. The molecule has 0 fully saturated rings. The highest BCUT2D eigenvalue weighted by molar-refractivity contribution is 5.18. The second kappa shape index (κ2) is 8.63. The molecule has 0 heterocycles. The molecule has 0 saturated heterocycles. The summed E-state index contributed by atoms with van der Waals surface area (Å²) in [5.41, 5.74) is 2.82. The molecule has 0 aliphatic rings. The Kier molecular flexibility index (Phi) is 6.49. The Hall–Kier alpha value is -1.60. The molecule has 0 amide bonds. The number of benzene rings is 2. The minimum Gasteiger partial charge on any atom is -0.393 e. The third-order valence-corrected chi connectivity index (χ3v) is 3.97. The van der Waals surface area contributed by atoms with E-state index >= 15 is 0 Å². The van der Waals surface area contributed by atoms with Gasteiger partial charge in [-0.25, -0.2) is 0 Å². The van der Waals surface area contributed by atoms with E-state index in [-0.39, 0.29) is 6.10 Å². The monoisotopic (exact) mass is 282 g/mol. The summed E-state index contributed by atoms with van der Waals surface area (Å²) >= 11 is 0. The average Bonchev–Trinajstić information content (AvgIpc) is 2.49. The van der Waals surface area contributed by atoms with E-state index in [9.17, 15) is 5.11 Å². The Bertz CT molecular complexity index is 448. The van der Waals surface area contributed by atoms with Crippen LogP contribution in [0.25, 0.3) is 0 Å². The molecule has 2 aromatic carbocycles. The van der Waals surface area contributed by atoms with E-state index in [2.05, 4.69) is 60.7 Å². The smallest absolute Gasteiger partial charge is 0.0512 e. The van der Waals surface area contributed by atoms with E-state index in [0.29, 0.717) is 5.92 Å². The van der Waals surface area contributed by atoms with Gasteiger partial charge in [-0.3, -0.25) is 0 Å². The summed E-state index contributed by atoms with van der Waals surface area (Å²) < 4.78 is 0. The first-order chi connectivity index (χ1) is 10.2. The van der Waals surface area contributed by atoms with Gasteiger partial charge in [-0.1, -0.05) is 67.1 Å². The minimum atomic E-state index is -0.181. The fourth-order valence-corrected chi connectivity index (χ4v) is 2.87. The molecule has 0 spiro atoms. The van der Waals surface area contributed by atoms with Crippen molar-refractivity contribution < 1.29 is 5.11 Å². The third kappa shape index (κ3) is 6.14. The molecule has 1 heteroatoms. The second-order valence-corrected chi connectivity index (χ2v) is 6.03. The van der Waals surface area contributed by atoms with Crippen molar-refractivity contribution in [3.05, 3.63) is 71.8 Å². The third-order valence-electron chi connectivity index (χ3n) is 3.97. The van der Waals surface area contributed by atoms with Crippen LogP contribution in [0.4, 0.5) is 0 Å². The van der Waals surface area contributed by atoms with Crippen LogP contribution in [0.3, 0.4) is 0 Å². The molecule has 1 nitrogen and oxygen atoms in total. The van der Waals surface area contributed by atoms with Crippen molar-refractivity contribution in [2.45, 2.75) is 45.1 Å². The van der Waals surface area contributed by atoms with E-state index in [1.54, 1.807) is 0 Å². The number of hydrogen-bond donors (Lipinski definition) is 1. The summed E-state index contributed by atoms with van der Waals surface area (Å²) in [5.74, 6) is 0.647. The normalized spacial score (nSPS) is 12.5. The van der Waals surface area contributed by atoms with Crippen molar-refractivity contribution in [1.29, 1.82) is 0 Å². The van der Waals surface area contributed by atoms with Crippen molar-refractivity contribution in [1.82, 2.24) is 0 Å². The molecule has 0 aliphatic carbocycles. The molecule has 0 bridgehead atoms. The van der Waals surface area contributed by atoms with Gasteiger partial charge in [0.1, 0.15) is 0 Å². The zero-order valence-corrected chi connectivity index (χ0v) is 12.9. The lowest BCUT2D eigenvalue weighted by Gasteiger charge is -2.18. The van der Waals surface area contributed by atoms with Crippen LogP contribution in [0, 0.1) is 5.92 Å². The lowest BCUT2D eigenvalue weighted by Crippen LogP contribution is -2.10. The number of aliphatic hydroxyl groups is 1. The van der Waals surface area contributed by atoms with Gasteiger partial charge < -0.3 is 5.11 Å². The first-order valence-electron chi connectivity index (χ1n) is 8.00. The highest BCUT2D eigenvalue weighted by atomic mass is 16.3. The van der Waals surface area contributed by atoms with Crippen LogP contribution in [-0.4, -0.2) is 11.2 Å². The highest BCUT2D eigenvalue weighted by Crippen LogP contribution is 2.20. The van der Waals surface area contributed by atoms with Gasteiger partial charge in [0.2, 0.25) is 0 Å². The molecule has 0 saturated carbocycles.